The summed E-state index contributed by atoms with van der Waals surface area (Å²) in [7, 11) is 1.05. The predicted molar refractivity (Wildman–Crippen MR) is 94.4 cm³/mol. The molecule has 0 saturated heterocycles. The number of methoxy groups -OCH3 is 1. The van der Waals surface area contributed by atoms with Crippen LogP contribution < -0.4 is 16.0 Å². The van der Waals surface area contributed by atoms with Gasteiger partial charge in [0.2, 0.25) is 5.91 Å². The van der Waals surface area contributed by atoms with Gasteiger partial charge in [-0.05, 0) is 18.2 Å². The van der Waals surface area contributed by atoms with E-state index in [-0.39, 0.29) is 18.7 Å². The summed E-state index contributed by atoms with van der Waals surface area (Å²) >= 11 is 0. The second kappa shape index (κ2) is 9.27. The van der Waals surface area contributed by atoms with Crippen molar-refractivity contribution in [3.8, 4) is 0 Å². The van der Waals surface area contributed by atoms with Crippen LogP contribution in [0.4, 0.5) is 25.0 Å². The molecule has 0 fully saturated rings. The lowest BCUT2D eigenvalue weighted by molar-refractivity contribution is -0.116. The predicted octanol–water partition coefficient (Wildman–Crippen LogP) is 2.90. The molecule has 0 heterocycles. The van der Waals surface area contributed by atoms with Crippen molar-refractivity contribution in [2.75, 3.05) is 24.3 Å². The van der Waals surface area contributed by atoms with Gasteiger partial charge in [-0.25, -0.2) is 18.4 Å². The van der Waals surface area contributed by atoms with Crippen LogP contribution in [0.15, 0.2) is 42.5 Å². The first-order valence-corrected chi connectivity index (χ1v) is 7.88. The first kappa shape index (κ1) is 19.8. The van der Waals surface area contributed by atoms with E-state index >= 15 is 0 Å². The van der Waals surface area contributed by atoms with Crippen LogP contribution in [0.1, 0.15) is 16.8 Å². The van der Waals surface area contributed by atoms with Crippen molar-refractivity contribution < 1.29 is 27.9 Å². The normalized spacial score (nSPS) is 10.0. The van der Waals surface area contributed by atoms with E-state index in [0.29, 0.717) is 11.8 Å². The molecular weight excluding hydrogens is 360 g/mol. The fourth-order valence-corrected chi connectivity index (χ4v) is 2.11. The van der Waals surface area contributed by atoms with Crippen LogP contribution >= 0.6 is 0 Å². The van der Waals surface area contributed by atoms with Crippen molar-refractivity contribution >= 4 is 29.3 Å². The molecule has 0 radical (unpaired) electrons. The highest BCUT2D eigenvalue weighted by molar-refractivity contribution is 5.95. The average molecular weight is 377 g/mol. The monoisotopic (exact) mass is 377 g/mol. The number of carbonyl (C=O) groups is 3. The first-order chi connectivity index (χ1) is 12.9. The number of para-hydroxylation sites is 1. The molecule has 0 saturated carbocycles. The fourth-order valence-electron chi connectivity index (χ4n) is 2.11. The van der Waals surface area contributed by atoms with Gasteiger partial charge in [-0.15, -0.1) is 0 Å². The largest absolute Gasteiger partial charge is 0.465 e. The number of esters is 1. The summed E-state index contributed by atoms with van der Waals surface area (Å²) in [4.78, 5) is 35.0. The Morgan fingerprint density at radius 3 is 2.37 bits per heavy atom. The van der Waals surface area contributed by atoms with E-state index in [1.165, 1.54) is 0 Å². The summed E-state index contributed by atoms with van der Waals surface area (Å²) in [5.41, 5.74) is -0.284. The van der Waals surface area contributed by atoms with Gasteiger partial charge in [0.25, 0.3) is 0 Å². The summed E-state index contributed by atoms with van der Waals surface area (Å²) in [6.07, 6.45) is -0.160. The number of nitrogens with one attached hydrogen (secondary N) is 3. The number of benzene rings is 2. The van der Waals surface area contributed by atoms with Gasteiger partial charge in [0.1, 0.15) is 11.6 Å². The van der Waals surface area contributed by atoms with E-state index in [9.17, 15) is 23.2 Å². The SMILES string of the molecule is COC(=O)c1cc(NC(=O)CCNC(=O)Nc2ccccc2)c(F)cc1F. The van der Waals surface area contributed by atoms with Gasteiger partial charge in [0.15, 0.2) is 0 Å². The Morgan fingerprint density at radius 2 is 1.70 bits per heavy atom. The number of urea groups is 1. The van der Waals surface area contributed by atoms with Crippen molar-refractivity contribution in [2.45, 2.75) is 6.42 Å². The fraction of sp³-hybridized carbons (Fsp3) is 0.167. The highest BCUT2D eigenvalue weighted by Crippen LogP contribution is 2.20. The maximum atomic E-state index is 13.8. The van der Waals surface area contributed by atoms with E-state index in [1.807, 2.05) is 0 Å². The smallest absolute Gasteiger partial charge is 0.340 e. The molecule has 0 atom stereocenters. The zero-order chi connectivity index (χ0) is 19.8. The van der Waals surface area contributed by atoms with Crippen LogP contribution in [0.5, 0.6) is 0 Å². The molecule has 27 heavy (non-hydrogen) atoms. The van der Waals surface area contributed by atoms with Gasteiger partial charge in [0.05, 0.1) is 18.4 Å². The molecule has 0 spiro atoms. The van der Waals surface area contributed by atoms with Crippen LogP contribution in [-0.4, -0.2) is 31.6 Å². The Balaban J connectivity index is 1.87. The topological polar surface area (TPSA) is 96.5 Å². The van der Waals surface area contributed by atoms with Crippen molar-refractivity contribution in [3.63, 3.8) is 0 Å². The third-order valence-corrected chi connectivity index (χ3v) is 3.41. The van der Waals surface area contributed by atoms with E-state index in [2.05, 4.69) is 20.7 Å². The molecular formula is C18H17F2N3O4. The first-order valence-electron chi connectivity index (χ1n) is 7.88. The van der Waals surface area contributed by atoms with E-state index in [1.54, 1.807) is 30.3 Å². The lowest BCUT2D eigenvalue weighted by Gasteiger charge is -2.10. The summed E-state index contributed by atoms with van der Waals surface area (Å²) in [5.74, 6) is -3.77. The van der Waals surface area contributed by atoms with E-state index in [0.717, 1.165) is 13.2 Å². The molecule has 0 aliphatic rings. The highest BCUT2D eigenvalue weighted by Gasteiger charge is 2.17. The lowest BCUT2D eigenvalue weighted by Crippen LogP contribution is -2.31. The number of hydrogen-bond donors (Lipinski definition) is 3. The quantitative estimate of drug-likeness (QED) is 0.675. The summed E-state index contributed by atoms with van der Waals surface area (Å²) in [6.45, 7) is -0.0167. The minimum Gasteiger partial charge on any atom is -0.465 e. The number of amides is 3. The standard InChI is InChI=1S/C18H17F2N3O4/c1-27-17(25)12-9-15(14(20)10-13(12)19)23-16(24)7-8-21-18(26)22-11-5-3-2-4-6-11/h2-6,9-10H,7-8H2,1H3,(H,23,24)(H2,21,22,26). The molecule has 2 aromatic rings. The Morgan fingerprint density at radius 1 is 1.00 bits per heavy atom. The number of ether oxygens (including phenoxy) is 1. The molecule has 3 amide bonds. The second-order valence-corrected chi connectivity index (χ2v) is 5.35. The molecule has 2 aromatic carbocycles. The molecule has 142 valence electrons. The van der Waals surface area contributed by atoms with Gasteiger partial charge in [-0.1, -0.05) is 18.2 Å². The number of hydrogen-bond acceptors (Lipinski definition) is 4. The van der Waals surface area contributed by atoms with Gasteiger partial charge >= 0.3 is 12.0 Å². The number of rotatable bonds is 6. The number of halogens is 2. The molecule has 0 aliphatic carbocycles. The minimum absolute atomic E-state index is 0.0167. The van der Waals surface area contributed by atoms with Crippen molar-refractivity contribution in [3.05, 3.63) is 59.7 Å². The summed E-state index contributed by atoms with van der Waals surface area (Å²) < 4.78 is 31.7. The third kappa shape index (κ3) is 5.77. The zero-order valence-corrected chi connectivity index (χ0v) is 14.3. The lowest BCUT2D eigenvalue weighted by atomic mass is 10.1. The van der Waals surface area contributed by atoms with Gasteiger partial charge < -0.3 is 20.7 Å². The maximum absolute atomic E-state index is 13.8. The van der Waals surface area contributed by atoms with Crippen molar-refractivity contribution in [2.24, 2.45) is 0 Å². The molecule has 9 heteroatoms. The van der Waals surface area contributed by atoms with Crippen LogP contribution in [0.25, 0.3) is 0 Å². The average Bonchev–Trinajstić information content (AvgIpc) is 2.64. The summed E-state index contributed by atoms with van der Waals surface area (Å²) in [6, 6.07) is 9.52. The van der Waals surface area contributed by atoms with Crippen molar-refractivity contribution in [1.82, 2.24) is 5.32 Å². The molecule has 3 N–H and O–H groups in total. The highest BCUT2D eigenvalue weighted by atomic mass is 19.1. The van der Waals surface area contributed by atoms with Crippen LogP contribution in [0.2, 0.25) is 0 Å². The molecule has 0 aromatic heterocycles. The van der Waals surface area contributed by atoms with E-state index < -0.39 is 35.1 Å². The Kier molecular flexibility index (Phi) is 6.81. The maximum Gasteiger partial charge on any atom is 0.340 e. The Bertz CT molecular complexity index is 844. The molecule has 0 bridgehead atoms. The number of anilines is 2. The number of carbonyl (C=O) groups excluding carboxylic acids is 3. The zero-order valence-electron chi connectivity index (χ0n) is 14.3. The van der Waals surface area contributed by atoms with Gasteiger partial charge in [-0.3, -0.25) is 4.79 Å². The molecule has 7 nitrogen and oxygen atoms in total. The van der Waals surface area contributed by atoms with Gasteiger partial charge in [0, 0.05) is 24.7 Å². The minimum atomic E-state index is -1.10. The van der Waals surface area contributed by atoms with Crippen LogP contribution in [0.3, 0.4) is 0 Å². The Hall–Kier alpha value is -3.49. The second-order valence-electron chi connectivity index (χ2n) is 5.35. The van der Waals surface area contributed by atoms with Gasteiger partial charge in [-0.2, -0.15) is 0 Å². The molecule has 0 unspecified atom stereocenters. The van der Waals surface area contributed by atoms with Crippen LogP contribution in [-0.2, 0) is 9.53 Å². The van der Waals surface area contributed by atoms with Crippen LogP contribution in [0, 0.1) is 11.6 Å². The summed E-state index contributed by atoms with van der Waals surface area (Å²) in [5, 5.41) is 7.26. The third-order valence-electron chi connectivity index (χ3n) is 3.41. The molecule has 2 rings (SSSR count). The van der Waals surface area contributed by atoms with Crippen molar-refractivity contribution in [1.29, 1.82) is 0 Å². The Labute approximate surface area is 153 Å². The molecule has 0 aliphatic heterocycles. The van der Waals surface area contributed by atoms with E-state index in [4.69, 9.17) is 0 Å².